The monoisotopic (exact) mass is 277 g/mol. The molecule has 2 nitrogen and oxygen atoms in total. The van der Waals surface area contributed by atoms with Crippen LogP contribution in [0.1, 0.15) is 17.0 Å². The van der Waals surface area contributed by atoms with Crippen LogP contribution in [0.3, 0.4) is 0 Å². The average Bonchev–Trinajstić information content (AvgIpc) is 2.46. The van der Waals surface area contributed by atoms with Crippen LogP contribution in [0, 0.1) is 0 Å². The predicted octanol–water partition coefficient (Wildman–Crippen LogP) is 3.37. The lowest BCUT2D eigenvalue weighted by Gasteiger charge is -2.15. The second-order valence-corrected chi connectivity index (χ2v) is 4.34. The summed E-state index contributed by atoms with van der Waals surface area (Å²) in [5.74, 6) is 0.273. The van der Waals surface area contributed by atoms with E-state index in [1.165, 1.54) is 11.1 Å². The lowest BCUT2D eigenvalue weighted by atomic mass is 10.0. The van der Waals surface area contributed by atoms with Crippen LogP contribution < -0.4 is 5.73 Å². The van der Waals surface area contributed by atoms with Gasteiger partial charge in [0.25, 0.3) is 0 Å². The highest BCUT2D eigenvalue weighted by Gasteiger charge is 2.09. The van der Waals surface area contributed by atoms with Crippen LogP contribution in [-0.4, -0.2) is 13.2 Å². The third-order valence-electron chi connectivity index (χ3n) is 2.99. The first-order valence-corrected chi connectivity index (χ1v) is 6.27. The minimum atomic E-state index is 0. The van der Waals surface area contributed by atoms with Crippen LogP contribution in [0.5, 0.6) is 0 Å². The molecule has 19 heavy (non-hydrogen) atoms. The minimum Gasteiger partial charge on any atom is -0.376 e. The Morgan fingerprint density at radius 2 is 1.47 bits per heavy atom. The Morgan fingerprint density at radius 1 is 0.895 bits per heavy atom. The summed E-state index contributed by atoms with van der Waals surface area (Å²) in [6.45, 7) is 1.92. The van der Waals surface area contributed by atoms with Crippen LogP contribution in [0.2, 0.25) is 0 Å². The van der Waals surface area contributed by atoms with Gasteiger partial charge in [0.15, 0.2) is 0 Å². The molecule has 0 fully saturated rings. The fraction of sp³-hybridized carbons (Fsp3) is 0.250. The third-order valence-corrected chi connectivity index (χ3v) is 2.99. The van der Waals surface area contributed by atoms with Gasteiger partial charge in [0, 0.05) is 12.5 Å². The van der Waals surface area contributed by atoms with Gasteiger partial charge in [-0.2, -0.15) is 0 Å². The van der Waals surface area contributed by atoms with Gasteiger partial charge in [0.1, 0.15) is 0 Å². The SMILES string of the molecule is Cl.NCC(COCc1ccccc1)c1ccccc1. The number of ether oxygens (including phenoxy) is 1. The number of halogens is 1. The van der Waals surface area contributed by atoms with Gasteiger partial charge in [-0.1, -0.05) is 60.7 Å². The van der Waals surface area contributed by atoms with Crippen molar-refractivity contribution in [2.24, 2.45) is 5.73 Å². The van der Waals surface area contributed by atoms with Crippen molar-refractivity contribution in [3.05, 3.63) is 71.8 Å². The van der Waals surface area contributed by atoms with Gasteiger partial charge in [0.05, 0.1) is 13.2 Å². The van der Waals surface area contributed by atoms with E-state index < -0.39 is 0 Å². The molecule has 0 saturated carbocycles. The molecule has 0 spiro atoms. The largest absolute Gasteiger partial charge is 0.376 e. The fourth-order valence-corrected chi connectivity index (χ4v) is 1.92. The molecule has 0 aromatic heterocycles. The molecule has 0 aliphatic heterocycles. The smallest absolute Gasteiger partial charge is 0.0717 e. The van der Waals surface area contributed by atoms with Crippen LogP contribution in [-0.2, 0) is 11.3 Å². The highest BCUT2D eigenvalue weighted by molar-refractivity contribution is 5.85. The van der Waals surface area contributed by atoms with Gasteiger partial charge in [-0.15, -0.1) is 12.4 Å². The Bertz CT molecular complexity index is 447. The first-order chi connectivity index (χ1) is 8.90. The number of nitrogens with two attached hydrogens (primary N) is 1. The van der Waals surface area contributed by atoms with Crippen molar-refractivity contribution in [1.82, 2.24) is 0 Å². The first-order valence-electron chi connectivity index (χ1n) is 6.27. The zero-order valence-corrected chi connectivity index (χ0v) is 11.7. The molecule has 2 N–H and O–H groups in total. The number of hydrogen-bond acceptors (Lipinski definition) is 2. The normalized spacial score (nSPS) is 11.6. The molecule has 0 amide bonds. The van der Waals surface area contributed by atoms with Gasteiger partial charge in [0.2, 0.25) is 0 Å². The summed E-state index contributed by atoms with van der Waals surface area (Å²) in [7, 11) is 0. The second-order valence-electron chi connectivity index (χ2n) is 4.34. The standard InChI is InChI=1S/C16H19NO.ClH/c17-11-16(15-9-5-2-6-10-15)13-18-12-14-7-3-1-4-8-14;/h1-10,16H,11-13,17H2;1H. The van der Waals surface area contributed by atoms with E-state index in [0.29, 0.717) is 19.8 Å². The molecular weight excluding hydrogens is 258 g/mol. The molecule has 0 saturated heterocycles. The summed E-state index contributed by atoms with van der Waals surface area (Å²) in [6, 6.07) is 20.5. The Balaban J connectivity index is 0.00000180. The van der Waals surface area contributed by atoms with Crippen molar-refractivity contribution in [2.75, 3.05) is 13.2 Å². The molecule has 2 aromatic carbocycles. The van der Waals surface area contributed by atoms with E-state index in [1.807, 2.05) is 36.4 Å². The van der Waals surface area contributed by atoms with E-state index in [1.54, 1.807) is 0 Å². The number of rotatable bonds is 6. The Labute approximate surface area is 121 Å². The zero-order chi connectivity index (χ0) is 12.6. The highest BCUT2D eigenvalue weighted by atomic mass is 35.5. The summed E-state index contributed by atoms with van der Waals surface area (Å²) < 4.78 is 5.75. The predicted molar refractivity (Wildman–Crippen MR) is 81.6 cm³/mol. The molecule has 0 aliphatic rings. The molecule has 2 rings (SSSR count). The van der Waals surface area contributed by atoms with Crippen LogP contribution in [0.25, 0.3) is 0 Å². The van der Waals surface area contributed by atoms with E-state index >= 15 is 0 Å². The Hall–Kier alpha value is -1.35. The third kappa shape index (κ3) is 5.03. The Kier molecular flexibility index (Phi) is 7.19. The minimum absolute atomic E-state index is 0. The maximum Gasteiger partial charge on any atom is 0.0717 e. The summed E-state index contributed by atoms with van der Waals surface area (Å²) in [6.07, 6.45) is 0. The highest BCUT2D eigenvalue weighted by Crippen LogP contribution is 2.15. The van der Waals surface area contributed by atoms with Crippen molar-refractivity contribution in [1.29, 1.82) is 0 Å². The molecule has 0 heterocycles. The zero-order valence-electron chi connectivity index (χ0n) is 10.9. The van der Waals surface area contributed by atoms with E-state index in [0.717, 1.165) is 0 Å². The summed E-state index contributed by atoms with van der Waals surface area (Å²) in [4.78, 5) is 0. The second kappa shape index (κ2) is 8.70. The summed E-state index contributed by atoms with van der Waals surface area (Å²) in [5.41, 5.74) is 8.24. The van der Waals surface area contributed by atoms with Crippen molar-refractivity contribution in [2.45, 2.75) is 12.5 Å². The van der Waals surface area contributed by atoms with Crippen molar-refractivity contribution >= 4 is 12.4 Å². The van der Waals surface area contributed by atoms with Crippen LogP contribution in [0.4, 0.5) is 0 Å². The van der Waals surface area contributed by atoms with Crippen molar-refractivity contribution in [3.8, 4) is 0 Å². The van der Waals surface area contributed by atoms with Gasteiger partial charge in [-0.05, 0) is 11.1 Å². The Morgan fingerprint density at radius 3 is 2.05 bits per heavy atom. The summed E-state index contributed by atoms with van der Waals surface area (Å²) >= 11 is 0. The maximum absolute atomic E-state index is 5.80. The van der Waals surface area contributed by atoms with Gasteiger partial charge in [-0.25, -0.2) is 0 Å². The first kappa shape index (κ1) is 15.7. The van der Waals surface area contributed by atoms with E-state index in [9.17, 15) is 0 Å². The summed E-state index contributed by atoms with van der Waals surface area (Å²) in [5, 5.41) is 0. The lowest BCUT2D eigenvalue weighted by Crippen LogP contribution is -2.18. The van der Waals surface area contributed by atoms with Crippen molar-refractivity contribution < 1.29 is 4.74 Å². The molecule has 0 radical (unpaired) electrons. The molecule has 0 bridgehead atoms. The fourth-order valence-electron chi connectivity index (χ4n) is 1.92. The topological polar surface area (TPSA) is 35.2 Å². The lowest BCUT2D eigenvalue weighted by molar-refractivity contribution is 0.108. The molecule has 3 heteroatoms. The van der Waals surface area contributed by atoms with Gasteiger partial charge >= 0.3 is 0 Å². The van der Waals surface area contributed by atoms with Crippen molar-refractivity contribution in [3.63, 3.8) is 0 Å². The van der Waals surface area contributed by atoms with E-state index in [4.69, 9.17) is 10.5 Å². The quantitative estimate of drug-likeness (QED) is 0.879. The number of hydrogen-bond donors (Lipinski definition) is 1. The van der Waals surface area contributed by atoms with E-state index in [-0.39, 0.29) is 18.3 Å². The van der Waals surface area contributed by atoms with E-state index in [2.05, 4.69) is 24.3 Å². The maximum atomic E-state index is 5.80. The molecule has 102 valence electrons. The molecule has 0 aliphatic carbocycles. The van der Waals surface area contributed by atoms with Crippen LogP contribution >= 0.6 is 12.4 Å². The van der Waals surface area contributed by atoms with Gasteiger partial charge < -0.3 is 10.5 Å². The molecule has 2 aromatic rings. The molecule has 1 atom stereocenters. The number of benzene rings is 2. The van der Waals surface area contributed by atoms with Crippen LogP contribution in [0.15, 0.2) is 60.7 Å². The van der Waals surface area contributed by atoms with Gasteiger partial charge in [-0.3, -0.25) is 0 Å². The molecule has 1 unspecified atom stereocenters. The average molecular weight is 278 g/mol. The molecular formula is C16H20ClNO.